The molecule has 1 heterocycles. The Morgan fingerprint density at radius 1 is 1.05 bits per heavy atom. The normalized spacial score (nSPS) is 12.9. The molecule has 8 heteroatoms. The van der Waals surface area contributed by atoms with E-state index >= 15 is 0 Å². The highest BCUT2D eigenvalue weighted by molar-refractivity contribution is 7.92. The van der Waals surface area contributed by atoms with E-state index in [9.17, 15) is 13.2 Å². The van der Waals surface area contributed by atoms with E-state index in [4.69, 9.17) is 15.2 Å². The predicted molar refractivity (Wildman–Crippen MR) is 78.3 cm³/mol. The van der Waals surface area contributed by atoms with Gasteiger partial charge in [-0.05, 0) is 36.4 Å². The topological polar surface area (TPSA) is 108 Å². The molecule has 0 saturated heterocycles. The van der Waals surface area contributed by atoms with Gasteiger partial charge in [-0.25, -0.2) is 8.42 Å². The van der Waals surface area contributed by atoms with Gasteiger partial charge in [-0.1, -0.05) is 0 Å². The molecule has 0 aromatic heterocycles. The number of carbonyl (C=O) groups is 1. The van der Waals surface area contributed by atoms with Gasteiger partial charge in [0, 0.05) is 17.3 Å². The summed E-state index contributed by atoms with van der Waals surface area (Å²) in [5, 5.41) is 0. The highest BCUT2D eigenvalue weighted by Crippen LogP contribution is 2.34. The molecule has 7 nitrogen and oxygen atoms in total. The lowest BCUT2D eigenvalue weighted by atomic mass is 10.2. The second kappa shape index (κ2) is 5.23. The minimum atomic E-state index is -3.77. The minimum Gasteiger partial charge on any atom is -0.454 e. The average Bonchev–Trinajstić information content (AvgIpc) is 2.94. The van der Waals surface area contributed by atoms with Gasteiger partial charge in [0.15, 0.2) is 11.5 Å². The molecule has 1 aliphatic rings. The first-order valence-electron chi connectivity index (χ1n) is 6.28. The van der Waals surface area contributed by atoms with Crippen molar-refractivity contribution in [1.29, 1.82) is 0 Å². The van der Waals surface area contributed by atoms with Crippen molar-refractivity contribution >= 4 is 21.6 Å². The van der Waals surface area contributed by atoms with E-state index in [1.165, 1.54) is 42.5 Å². The van der Waals surface area contributed by atoms with Gasteiger partial charge in [0.25, 0.3) is 10.0 Å². The van der Waals surface area contributed by atoms with E-state index in [0.29, 0.717) is 22.7 Å². The Bertz CT molecular complexity index is 831. The number of ether oxygens (including phenoxy) is 2. The summed E-state index contributed by atoms with van der Waals surface area (Å²) >= 11 is 0. The lowest BCUT2D eigenvalue weighted by Gasteiger charge is -2.09. The molecule has 0 atom stereocenters. The van der Waals surface area contributed by atoms with Crippen LogP contribution >= 0.6 is 0 Å². The monoisotopic (exact) mass is 320 g/mol. The Kier molecular flexibility index (Phi) is 3.38. The van der Waals surface area contributed by atoms with Crippen molar-refractivity contribution in [1.82, 2.24) is 0 Å². The second-order valence-electron chi connectivity index (χ2n) is 4.56. The van der Waals surface area contributed by atoms with Crippen LogP contribution in [0.5, 0.6) is 11.5 Å². The SMILES string of the molecule is NC(=O)c1ccc(NS(=O)(=O)c2ccc3c(c2)OCO3)cc1. The maximum absolute atomic E-state index is 12.3. The second-order valence-corrected chi connectivity index (χ2v) is 6.24. The number of nitrogens with one attached hydrogen (secondary N) is 1. The Morgan fingerprint density at radius 3 is 2.41 bits per heavy atom. The first-order chi connectivity index (χ1) is 10.5. The molecule has 0 unspecified atom stereocenters. The van der Waals surface area contributed by atoms with Crippen LogP contribution in [0.3, 0.4) is 0 Å². The summed E-state index contributed by atoms with van der Waals surface area (Å²) < 4.78 is 37.4. The highest BCUT2D eigenvalue weighted by Gasteiger charge is 2.20. The molecular weight excluding hydrogens is 308 g/mol. The van der Waals surface area contributed by atoms with Crippen LogP contribution in [0.4, 0.5) is 5.69 Å². The molecule has 0 saturated carbocycles. The standard InChI is InChI=1S/C14H12N2O5S/c15-14(17)9-1-3-10(4-2-9)16-22(18,19)11-5-6-12-13(7-11)21-8-20-12/h1-7,16H,8H2,(H2,15,17). The number of benzene rings is 2. The molecule has 0 spiro atoms. The van der Waals surface area contributed by atoms with Crippen LogP contribution in [-0.2, 0) is 10.0 Å². The number of amides is 1. The van der Waals surface area contributed by atoms with E-state index in [1.54, 1.807) is 0 Å². The fourth-order valence-electron chi connectivity index (χ4n) is 1.96. The third kappa shape index (κ3) is 2.68. The third-order valence-electron chi connectivity index (χ3n) is 3.08. The number of nitrogens with two attached hydrogens (primary N) is 1. The van der Waals surface area contributed by atoms with Crippen LogP contribution < -0.4 is 19.9 Å². The number of primary amides is 1. The van der Waals surface area contributed by atoms with Gasteiger partial charge in [0.05, 0.1) is 4.90 Å². The number of hydrogen-bond donors (Lipinski definition) is 2. The fourth-order valence-corrected chi connectivity index (χ4v) is 3.03. The maximum atomic E-state index is 12.3. The smallest absolute Gasteiger partial charge is 0.262 e. The molecule has 1 amide bonds. The first-order valence-corrected chi connectivity index (χ1v) is 7.76. The van der Waals surface area contributed by atoms with E-state index < -0.39 is 15.9 Å². The summed E-state index contributed by atoms with van der Waals surface area (Å²) in [6, 6.07) is 10.2. The molecule has 2 aromatic carbocycles. The summed E-state index contributed by atoms with van der Waals surface area (Å²) in [5.41, 5.74) is 5.75. The van der Waals surface area contributed by atoms with Crippen LogP contribution in [-0.4, -0.2) is 21.1 Å². The van der Waals surface area contributed by atoms with Gasteiger partial charge in [-0.15, -0.1) is 0 Å². The summed E-state index contributed by atoms with van der Waals surface area (Å²) in [4.78, 5) is 11.0. The molecule has 22 heavy (non-hydrogen) atoms. The summed E-state index contributed by atoms with van der Waals surface area (Å²) in [7, 11) is -3.77. The lowest BCUT2D eigenvalue weighted by molar-refractivity contribution is 0.100. The van der Waals surface area contributed by atoms with Gasteiger partial charge in [-0.3, -0.25) is 9.52 Å². The van der Waals surface area contributed by atoms with Gasteiger partial charge >= 0.3 is 0 Å². The number of hydrogen-bond acceptors (Lipinski definition) is 5. The molecule has 0 aliphatic carbocycles. The average molecular weight is 320 g/mol. The van der Waals surface area contributed by atoms with Crippen molar-refractivity contribution in [3.63, 3.8) is 0 Å². The maximum Gasteiger partial charge on any atom is 0.262 e. The molecular formula is C14H12N2O5S. The Hall–Kier alpha value is -2.74. The largest absolute Gasteiger partial charge is 0.454 e. The highest BCUT2D eigenvalue weighted by atomic mass is 32.2. The minimum absolute atomic E-state index is 0.0516. The fraction of sp³-hybridized carbons (Fsp3) is 0.0714. The van der Waals surface area contributed by atoms with Crippen LogP contribution in [0.1, 0.15) is 10.4 Å². The van der Waals surface area contributed by atoms with Crippen molar-refractivity contribution in [2.24, 2.45) is 5.73 Å². The molecule has 114 valence electrons. The molecule has 2 aromatic rings. The Morgan fingerprint density at radius 2 is 1.73 bits per heavy atom. The third-order valence-corrected chi connectivity index (χ3v) is 4.45. The van der Waals surface area contributed by atoms with Gasteiger partial charge in [0.1, 0.15) is 0 Å². The van der Waals surface area contributed by atoms with E-state index in [1.807, 2.05) is 0 Å². The molecule has 0 radical (unpaired) electrons. The summed E-state index contributed by atoms with van der Waals surface area (Å²) in [6.07, 6.45) is 0. The zero-order valence-electron chi connectivity index (χ0n) is 11.3. The number of carbonyl (C=O) groups excluding carboxylic acids is 1. The first kappa shape index (κ1) is 14.2. The predicted octanol–water partition coefficient (Wildman–Crippen LogP) is 1.32. The van der Waals surface area contributed by atoms with Crippen molar-refractivity contribution in [2.75, 3.05) is 11.5 Å². The molecule has 0 bridgehead atoms. The van der Waals surface area contributed by atoms with Crippen LogP contribution in [0.15, 0.2) is 47.4 Å². The Balaban J connectivity index is 1.85. The van der Waals surface area contributed by atoms with Crippen molar-refractivity contribution < 1.29 is 22.7 Å². The lowest BCUT2D eigenvalue weighted by Crippen LogP contribution is -2.14. The van der Waals surface area contributed by atoms with Crippen LogP contribution in [0.2, 0.25) is 0 Å². The number of anilines is 1. The zero-order chi connectivity index (χ0) is 15.7. The van der Waals surface area contributed by atoms with Crippen molar-refractivity contribution in [3.8, 4) is 11.5 Å². The summed E-state index contributed by atoms with van der Waals surface area (Å²) in [5.74, 6) is 0.307. The van der Waals surface area contributed by atoms with E-state index in [0.717, 1.165) is 0 Å². The van der Waals surface area contributed by atoms with Crippen molar-refractivity contribution in [2.45, 2.75) is 4.90 Å². The number of sulfonamides is 1. The Labute approximate surface area is 126 Å². The van der Waals surface area contributed by atoms with Crippen LogP contribution in [0.25, 0.3) is 0 Å². The van der Waals surface area contributed by atoms with Gasteiger partial charge in [-0.2, -0.15) is 0 Å². The van der Waals surface area contributed by atoms with Gasteiger partial charge < -0.3 is 15.2 Å². The van der Waals surface area contributed by atoms with E-state index in [2.05, 4.69) is 4.72 Å². The summed E-state index contributed by atoms with van der Waals surface area (Å²) in [6.45, 7) is 0.0703. The van der Waals surface area contributed by atoms with Crippen molar-refractivity contribution in [3.05, 3.63) is 48.0 Å². The molecule has 3 N–H and O–H groups in total. The van der Waals surface area contributed by atoms with Crippen LogP contribution in [0, 0.1) is 0 Å². The van der Waals surface area contributed by atoms with E-state index in [-0.39, 0.29) is 11.7 Å². The zero-order valence-corrected chi connectivity index (χ0v) is 12.1. The molecule has 0 fully saturated rings. The molecule has 1 aliphatic heterocycles. The molecule has 3 rings (SSSR count). The quantitative estimate of drug-likeness (QED) is 0.883. The number of fused-ring (bicyclic) bond motifs is 1. The van der Waals surface area contributed by atoms with Gasteiger partial charge in [0.2, 0.25) is 12.7 Å². The number of rotatable bonds is 4.